The molecule has 2 N–H and O–H groups in total. The molecule has 0 radical (unpaired) electrons. The summed E-state index contributed by atoms with van der Waals surface area (Å²) in [5, 5.41) is 12.4. The van der Waals surface area contributed by atoms with E-state index >= 15 is 0 Å². The predicted octanol–water partition coefficient (Wildman–Crippen LogP) is 5.49. The Kier molecular flexibility index (Phi) is 9.15. The van der Waals surface area contributed by atoms with E-state index in [0.717, 1.165) is 42.0 Å². The fourth-order valence-electron chi connectivity index (χ4n) is 4.84. The van der Waals surface area contributed by atoms with Gasteiger partial charge >= 0.3 is 5.97 Å². The van der Waals surface area contributed by atoms with Crippen LogP contribution < -0.4 is 19.7 Å². The van der Waals surface area contributed by atoms with Crippen molar-refractivity contribution < 1.29 is 24.2 Å². The number of carbonyl (C=O) groups is 2. The number of benzene rings is 2. The first-order chi connectivity index (χ1) is 19.5. The summed E-state index contributed by atoms with van der Waals surface area (Å²) in [7, 11) is 0. The van der Waals surface area contributed by atoms with Crippen LogP contribution in [0.3, 0.4) is 0 Å². The maximum absolute atomic E-state index is 13.4. The van der Waals surface area contributed by atoms with Crippen LogP contribution in [-0.4, -0.2) is 52.8 Å². The second-order valence-corrected chi connectivity index (χ2v) is 11.6. The van der Waals surface area contributed by atoms with Crippen LogP contribution >= 0.6 is 0 Å². The van der Waals surface area contributed by atoms with Gasteiger partial charge in [-0.3, -0.25) is 14.6 Å². The number of anilines is 2. The van der Waals surface area contributed by atoms with Gasteiger partial charge < -0.3 is 24.8 Å². The molecule has 1 saturated heterocycles. The Morgan fingerprint density at radius 3 is 2.44 bits per heavy atom. The third-order valence-electron chi connectivity index (χ3n) is 7.48. The van der Waals surface area contributed by atoms with Crippen molar-refractivity contribution in [2.45, 2.75) is 65.4 Å². The molecule has 3 aromatic rings. The average molecular weight is 561 g/mol. The van der Waals surface area contributed by atoms with Gasteiger partial charge in [0.15, 0.2) is 17.3 Å². The molecule has 1 aromatic heterocycles. The minimum atomic E-state index is -0.869. The predicted molar refractivity (Wildman–Crippen MR) is 159 cm³/mol. The summed E-state index contributed by atoms with van der Waals surface area (Å²) in [5.41, 5.74) is 0.00350. The zero-order valence-corrected chi connectivity index (χ0v) is 24.5. The number of carbonyl (C=O) groups excluding carboxylic acids is 1. The maximum Gasteiger partial charge on any atom is 0.309 e. The molecule has 0 saturated carbocycles. The Labute approximate surface area is 241 Å². The Bertz CT molecular complexity index is 1360. The number of para-hydroxylation sites is 2. The molecule has 1 aliphatic rings. The molecule has 218 valence electrons. The quantitative estimate of drug-likeness (QED) is 0.316. The Balaban J connectivity index is 1.41. The van der Waals surface area contributed by atoms with Gasteiger partial charge in [-0.1, -0.05) is 36.4 Å². The molecular weight excluding hydrogens is 520 g/mol. The lowest BCUT2D eigenvalue weighted by atomic mass is 9.81. The Hall–Kier alpha value is -4.14. The summed E-state index contributed by atoms with van der Waals surface area (Å²) in [6, 6.07) is 15.2. The van der Waals surface area contributed by atoms with Gasteiger partial charge in [0.1, 0.15) is 11.9 Å². The molecule has 1 fully saturated rings. The number of nitrogens with one attached hydrogen (secondary N) is 1. The second kappa shape index (κ2) is 12.6. The topological polar surface area (TPSA) is 114 Å². The fourth-order valence-corrected chi connectivity index (χ4v) is 4.84. The zero-order chi connectivity index (χ0) is 29.6. The van der Waals surface area contributed by atoms with Gasteiger partial charge in [0.05, 0.1) is 36.4 Å². The number of piperidine rings is 1. The summed E-state index contributed by atoms with van der Waals surface area (Å²) < 4.78 is 12.0. The van der Waals surface area contributed by atoms with Gasteiger partial charge in [0, 0.05) is 6.54 Å². The molecule has 1 amide bonds. The lowest BCUT2D eigenvalue weighted by Gasteiger charge is -2.34. The van der Waals surface area contributed by atoms with Gasteiger partial charge in [-0.25, -0.2) is 4.98 Å². The van der Waals surface area contributed by atoms with Crippen molar-refractivity contribution in [1.29, 1.82) is 0 Å². The maximum atomic E-state index is 13.4. The van der Waals surface area contributed by atoms with Gasteiger partial charge in [-0.15, -0.1) is 0 Å². The minimum Gasteiger partial charge on any atom is -0.490 e. The first kappa shape index (κ1) is 29.8. The van der Waals surface area contributed by atoms with Crippen LogP contribution in [0.2, 0.25) is 0 Å². The van der Waals surface area contributed by atoms with Crippen molar-refractivity contribution in [1.82, 2.24) is 9.97 Å². The van der Waals surface area contributed by atoms with Crippen LogP contribution in [-0.2, 0) is 21.4 Å². The van der Waals surface area contributed by atoms with E-state index in [9.17, 15) is 14.7 Å². The highest BCUT2D eigenvalue weighted by molar-refractivity contribution is 5.98. The third kappa shape index (κ3) is 7.34. The Morgan fingerprint density at radius 1 is 1.05 bits per heavy atom. The van der Waals surface area contributed by atoms with Crippen molar-refractivity contribution >= 4 is 23.5 Å². The number of amides is 1. The van der Waals surface area contributed by atoms with E-state index in [1.54, 1.807) is 26.2 Å². The number of aliphatic carboxylic acids is 1. The summed E-state index contributed by atoms with van der Waals surface area (Å²) in [4.78, 5) is 36.0. The Morgan fingerprint density at radius 2 is 1.76 bits per heavy atom. The molecular formula is C32H40N4O5. The average Bonchev–Trinajstić information content (AvgIpc) is 2.94. The van der Waals surface area contributed by atoms with Gasteiger partial charge in [-0.2, -0.15) is 0 Å². The fraction of sp³-hybridized carbons (Fsp3) is 0.438. The molecule has 0 aliphatic carbocycles. The molecule has 1 aliphatic heterocycles. The summed E-state index contributed by atoms with van der Waals surface area (Å²) in [6.07, 6.45) is 5.47. The molecule has 4 rings (SSSR count). The highest BCUT2D eigenvalue weighted by Gasteiger charge is 2.32. The zero-order valence-electron chi connectivity index (χ0n) is 24.5. The normalized spacial score (nSPS) is 15.7. The summed E-state index contributed by atoms with van der Waals surface area (Å²) in [5.74, 6) is 1.47. The van der Waals surface area contributed by atoms with E-state index in [2.05, 4.69) is 15.2 Å². The second-order valence-electron chi connectivity index (χ2n) is 11.6. The van der Waals surface area contributed by atoms with E-state index in [1.807, 2.05) is 69.3 Å². The third-order valence-corrected chi connectivity index (χ3v) is 7.48. The number of ether oxygens (including phenoxy) is 2. The molecule has 9 nitrogen and oxygen atoms in total. The van der Waals surface area contributed by atoms with Crippen LogP contribution in [0.25, 0.3) is 0 Å². The van der Waals surface area contributed by atoms with Crippen LogP contribution in [0.4, 0.5) is 11.6 Å². The number of hydrogen-bond acceptors (Lipinski definition) is 7. The van der Waals surface area contributed by atoms with E-state index in [4.69, 9.17) is 14.5 Å². The van der Waals surface area contributed by atoms with Gasteiger partial charge in [0.2, 0.25) is 5.91 Å². The smallest absolute Gasteiger partial charge is 0.309 e. The molecule has 41 heavy (non-hydrogen) atoms. The van der Waals surface area contributed by atoms with Crippen molar-refractivity contribution in [2.24, 2.45) is 5.41 Å². The number of hydrogen-bond donors (Lipinski definition) is 2. The lowest BCUT2D eigenvalue weighted by Crippen LogP contribution is -2.42. The summed E-state index contributed by atoms with van der Waals surface area (Å²) in [6.45, 7) is 11.1. The van der Waals surface area contributed by atoms with Crippen LogP contribution in [0.1, 0.15) is 58.6 Å². The van der Waals surface area contributed by atoms with Crippen molar-refractivity contribution in [2.75, 3.05) is 29.9 Å². The van der Waals surface area contributed by atoms with E-state index in [1.165, 1.54) is 0 Å². The van der Waals surface area contributed by atoms with Crippen LogP contribution in [0.15, 0.2) is 60.9 Å². The monoisotopic (exact) mass is 560 g/mol. The minimum absolute atomic E-state index is 0.0339. The van der Waals surface area contributed by atoms with Crippen LogP contribution in [0.5, 0.6) is 11.5 Å². The largest absolute Gasteiger partial charge is 0.490 e. The van der Waals surface area contributed by atoms with Gasteiger partial charge in [-0.05, 0) is 77.1 Å². The van der Waals surface area contributed by atoms with Crippen molar-refractivity contribution in [3.63, 3.8) is 0 Å². The van der Waals surface area contributed by atoms with Crippen molar-refractivity contribution in [3.05, 3.63) is 72.1 Å². The van der Waals surface area contributed by atoms with Crippen molar-refractivity contribution in [3.8, 4) is 11.5 Å². The van der Waals surface area contributed by atoms with E-state index in [0.29, 0.717) is 31.2 Å². The van der Waals surface area contributed by atoms with E-state index < -0.39 is 16.8 Å². The number of carboxylic acid groups (broad SMARTS) is 1. The number of carboxylic acids is 1. The molecule has 0 bridgehead atoms. The highest BCUT2D eigenvalue weighted by Crippen LogP contribution is 2.31. The lowest BCUT2D eigenvalue weighted by molar-refractivity contribution is -0.146. The van der Waals surface area contributed by atoms with Gasteiger partial charge in [0.25, 0.3) is 0 Å². The number of aromatic nitrogens is 2. The molecule has 1 atom stereocenters. The number of nitrogens with zero attached hydrogens (tertiary/aromatic N) is 3. The molecule has 2 aromatic carbocycles. The first-order valence-electron chi connectivity index (χ1n) is 14.1. The molecule has 9 heteroatoms. The number of rotatable bonds is 11. The SMILES string of the molecule is CCOc1ccccc1OC1CCCN(c2cncc(NC(=O)C(C)(C)c3ccc(CC(C)(C)C(=O)O)cc3)n2)C1. The highest BCUT2D eigenvalue weighted by atomic mass is 16.5. The standard InChI is InChI=1S/C32H40N4O5/c1-6-40-25-11-7-8-12-26(25)41-24-10-9-17-36(21-24)28-20-33-19-27(34-28)35-29(37)32(4,5)23-15-13-22(14-16-23)18-31(2,3)30(38)39/h7-8,11-16,19-20,24H,6,9-10,17-18,21H2,1-5H3,(H,38,39)(H,34,35,37). The summed E-state index contributed by atoms with van der Waals surface area (Å²) >= 11 is 0. The van der Waals surface area contributed by atoms with Crippen LogP contribution in [0, 0.1) is 5.41 Å². The molecule has 0 spiro atoms. The first-order valence-corrected chi connectivity index (χ1v) is 14.1. The van der Waals surface area contributed by atoms with E-state index in [-0.39, 0.29) is 12.0 Å². The molecule has 1 unspecified atom stereocenters. The molecule has 2 heterocycles.